The zero-order valence-corrected chi connectivity index (χ0v) is 11.7. The molecule has 3 heteroatoms. The van der Waals surface area contributed by atoms with Gasteiger partial charge in [-0.25, -0.2) is 0 Å². The Morgan fingerprint density at radius 3 is 1.77 bits per heavy atom. The summed E-state index contributed by atoms with van der Waals surface area (Å²) in [6, 6.07) is 12.9. The average molecular weight is 300 g/mol. The number of carbonyl (C=O) groups is 1. The number of ketones is 1. The van der Waals surface area contributed by atoms with Gasteiger partial charge < -0.3 is 9.47 Å². The van der Waals surface area contributed by atoms with E-state index in [4.69, 9.17) is 17.7 Å². The third-order valence-electron chi connectivity index (χ3n) is 2.91. The van der Waals surface area contributed by atoms with Gasteiger partial charge in [0, 0.05) is 11.1 Å². The average Bonchev–Trinajstić information content (AvgIpc) is 2.57. The number of allylic oxidation sites excluding steroid dienone is 2. The van der Waals surface area contributed by atoms with Crippen molar-refractivity contribution in [2.75, 3.05) is 14.1 Å². The van der Waals surface area contributed by atoms with E-state index in [0.29, 0.717) is 11.1 Å². The lowest BCUT2D eigenvalue weighted by Gasteiger charge is -2.03. The molecule has 22 heavy (non-hydrogen) atoms. The van der Waals surface area contributed by atoms with Crippen LogP contribution in [0.25, 0.3) is 12.2 Å². The lowest BCUT2D eigenvalue weighted by Crippen LogP contribution is -1.89. The number of para-hydroxylation sites is 2. The minimum absolute atomic E-state index is 0.131. The molecule has 0 N–H and O–H groups in total. The largest absolute Gasteiger partial charge is 0.496 e. The Bertz CT molecular complexity index is 810. The molecule has 112 valence electrons. The highest BCUT2D eigenvalue weighted by molar-refractivity contribution is 6.04. The first kappa shape index (κ1) is 9.26. The van der Waals surface area contributed by atoms with Crippen molar-refractivity contribution in [3.8, 4) is 11.5 Å². The first-order valence-corrected chi connectivity index (χ1v) is 6.50. The number of methoxy groups -OCH3 is 2. The van der Waals surface area contributed by atoms with Gasteiger partial charge in [-0.15, -0.1) is 0 Å². The second-order valence-electron chi connectivity index (χ2n) is 4.35. The number of carbonyl (C=O) groups excluding carboxylic acids is 1. The van der Waals surface area contributed by atoms with Crippen LogP contribution < -0.4 is 9.47 Å². The van der Waals surface area contributed by atoms with Gasteiger partial charge >= 0.3 is 0 Å². The summed E-state index contributed by atoms with van der Waals surface area (Å²) in [5.74, 6) is -0.119. The summed E-state index contributed by atoms with van der Waals surface area (Å²) in [5, 5.41) is 0. The first-order chi connectivity index (χ1) is 13.0. The molecule has 0 unspecified atom stereocenters. The van der Waals surface area contributed by atoms with Crippen LogP contribution in [0.15, 0.2) is 60.7 Å². The molecule has 0 heterocycles. The fourth-order valence-corrected chi connectivity index (χ4v) is 1.82. The molecule has 2 aromatic rings. The summed E-state index contributed by atoms with van der Waals surface area (Å²) in [5.41, 5.74) is 0.873. The van der Waals surface area contributed by atoms with Gasteiger partial charge in [0.05, 0.1) is 22.3 Å². The molecular weight excluding hydrogens is 276 g/mol. The number of benzene rings is 2. The minimum atomic E-state index is -2.60. The third kappa shape index (κ3) is 4.09. The maximum Gasteiger partial charge on any atom is 0.178 e. The molecule has 0 aliphatic rings. The van der Waals surface area contributed by atoms with Crippen LogP contribution in [0.5, 0.6) is 11.5 Å². The van der Waals surface area contributed by atoms with Crippen molar-refractivity contribution in [2.45, 2.75) is 0 Å². The van der Waals surface area contributed by atoms with E-state index in [2.05, 4.69) is 0 Å². The van der Waals surface area contributed by atoms with E-state index in [1.165, 1.54) is 36.4 Å². The maximum absolute atomic E-state index is 12.1. The van der Waals surface area contributed by atoms with Crippen LogP contribution in [0, 0.1) is 0 Å². The molecule has 0 saturated heterocycles. The summed E-state index contributed by atoms with van der Waals surface area (Å²) in [6.07, 6.45) is 5.40. The Kier molecular flexibility index (Phi) is 3.30. The highest BCUT2D eigenvalue weighted by Crippen LogP contribution is 2.20. The van der Waals surface area contributed by atoms with Crippen LogP contribution in [0.3, 0.4) is 0 Å². The van der Waals surface area contributed by atoms with E-state index in [1.54, 1.807) is 36.4 Å². The first-order valence-electron chi connectivity index (χ1n) is 9.50. The standard InChI is InChI=1S/C19H18O3/c1-21-18-9-5-3-7-15(18)11-13-17(20)14-12-16-8-4-6-10-19(16)22-2/h3-14H,1-2H3/b13-11+,14-12+/i1D3,2D3. The molecule has 3 nitrogen and oxygen atoms in total. The van der Waals surface area contributed by atoms with E-state index < -0.39 is 14.1 Å². The van der Waals surface area contributed by atoms with Gasteiger partial charge in [0.2, 0.25) is 0 Å². The predicted molar refractivity (Wildman–Crippen MR) is 89.1 cm³/mol. The van der Waals surface area contributed by atoms with Crippen LogP contribution >= 0.6 is 0 Å². The van der Waals surface area contributed by atoms with Crippen molar-refractivity contribution in [3.63, 3.8) is 0 Å². The Balaban J connectivity index is 2.14. The molecule has 0 saturated carbocycles. The highest BCUT2D eigenvalue weighted by Gasteiger charge is 1.99. The number of hydrogen-bond acceptors (Lipinski definition) is 3. The SMILES string of the molecule is [2H]C([2H])([2H])Oc1ccccc1/C=C/C(=O)/C=C/c1ccccc1OC([2H])([2H])[2H]. The Labute approximate surface area is 138 Å². The van der Waals surface area contributed by atoms with E-state index in [9.17, 15) is 4.79 Å². The molecule has 0 amide bonds. The monoisotopic (exact) mass is 300 g/mol. The third-order valence-corrected chi connectivity index (χ3v) is 2.91. The van der Waals surface area contributed by atoms with Gasteiger partial charge in [-0.3, -0.25) is 4.79 Å². The Morgan fingerprint density at radius 2 is 1.32 bits per heavy atom. The van der Waals surface area contributed by atoms with Gasteiger partial charge in [0.25, 0.3) is 0 Å². The smallest absolute Gasteiger partial charge is 0.178 e. The molecule has 0 fully saturated rings. The van der Waals surface area contributed by atoms with Crippen molar-refractivity contribution < 1.29 is 22.5 Å². The van der Waals surface area contributed by atoms with Crippen molar-refractivity contribution in [1.29, 1.82) is 0 Å². The van der Waals surface area contributed by atoms with Crippen molar-refractivity contribution >= 4 is 17.9 Å². The topological polar surface area (TPSA) is 35.5 Å². The zero-order valence-electron chi connectivity index (χ0n) is 17.7. The Hall–Kier alpha value is -2.81. The van der Waals surface area contributed by atoms with Gasteiger partial charge in [0.1, 0.15) is 11.5 Å². The summed E-state index contributed by atoms with van der Waals surface area (Å²) < 4.78 is 52.9. The van der Waals surface area contributed by atoms with E-state index in [-0.39, 0.29) is 17.3 Å². The Morgan fingerprint density at radius 1 is 0.864 bits per heavy atom. The second-order valence-corrected chi connectivity index (χ2v) is 4.35. The van der Waals surface area contributed by atoms with Crippen molar-refractivity contribution in [2.24, 2.45) is 0 Å². The summed E-state index contributed by atoms with van der Waals surface area (Å²) in [6.45, 7) is 0. The maximum atomic E-state index is 12.1. The number of ether oxygens (including phenoxy) is 2. The second kappa shape index (κ2) is 7.84. The molecule has 0 aliphatic carbocycles. The fraction of sp³-hybridized carbons (Fsp3) is 0.105. The molecule has 0 radical (unpaired) electrons. The summed E-state index contributed by atoms with van der Waals surface area (Å²) in [4.78, 5) is 12.1. The molecular formula is C19H18O3. The quantitative estimate of drug-likeness (QED) is 0.756. The molecule has 0 bridgehead atoms. The zero-order chi connectivity index (χ0) is 20.8. The van der Waals surface area contributed by atoms with Crippen molar-refractivity contribution in [3.05, 3.63) is 71.8 Å². The molecule has 2 rings (SSSR count). The lowest BCUT2D eigenvalue weighted by atomic mass is 10.1. The van der Waals surface area contributed by atoms with Gasteiger partial charge in [-0.05, 0) is 36.4 Å². The van der Waals surface area contributed by atoms with E-state index in [1.807, 2.05) is 0 Å². The molecule has 0 spiro atoms. The van der Waals surface area contributed by atoms with Crippen LogP contribution in [-0.2, 0) is 4.79 Å². The minimum Gasteiger partial charge on any atom is -0.496 e. The van der Waals surface area contributed by atoms with E-state index >= 15 is 0 Å². The summed E-state index contributed by atoms with van der Waals surface area (Å²) >= 11 is 0. The normalized spacial score (nSPS) is 16.2. The highest BCUT2D eigenvalue weighted by atomic mass is 16.5. The van der Waals surface area contributed by atoms with Crippen molar-refractivity contribution in [1.82, 2.24) is 0 Å². The number of hydrogen-bond donors (Lipinski definition) is 0. The van der Waals surface area contributed by atoms with Crippen LogP contribution in [0.4, 0.5) is 0 Å². The number of rotatable bonds is 6. The van der Waals surface area contributed by atoms with E-state index in [0.717, 1.165) is 0 Å². The van der Waals surface area contributed by atoms with Crippen LogP contribution in [0.2, 0.25) is 0 Å². The van der Waals surface area contributed by atoms with Gasteiger partial charge in [-0.1, -0.05) is 36.4 Å². The lowest BCUT2D eigenvalue weighted by molar-refractivity contribution is -0.110. The molecule has 0 atom stereocenters. The fourth-order valence-electron chi connectivity index (χ4n) is 1.82. The summed E-state index contributed by atoms with van der Waals surface area (Å²) in [7, 11) is -5.19. The molecule has 0 aromatic heterocycles. The van der Waals surface area contributed by atoms with Crippen LogP contribution in [0.1, 0.15) is 19.4 Å². The van der Waals surface area contributed by atoms with Gasteiger partial charge in [0.15, 0.2) is 5.78 Å². The van der Waals surface area contributed by atoms with Gasteiger partial charge in [-0.2, -0.15) is 0 Å². The molecule has 2 aromatic carbocycles. The predicted octanol–water partition coefficient (Wildman–Crippen LogP) is 4.00. The molecule has 0 aliphatic heterocycles. The van der Waals surface area contributed by atoms with Crippen LogP contribution in [-0.4, -0.2) is 19.9 Å².